The van der Waals surface area contributed by atoms with Gasteiger partial charge in [0.2, 0.25) is 6.41 Å². The Hall–Kier alpha value is -0.280. The molecule has 0 bridgehead atoms. The van der Waals surface area contributed by atoms with E-state index in [9.17, 15) is 15.3 Å². The fourth-order valence-corrected chi connectivity index (χ4v) is 3.26. The summed E-state index contributed by atoms with van der Waals surface area (Å²) in [6, 6.07) is 0. The van der Waals surface area contributed by atoms with E-state index in [1.165, 1.54) is 32.1 Å². The summed E-state index contributed by atoms with van der Waals surface area (Å²) in [6.07, 6.45) is 8.00. The molecule has 0 radical (unpaired) electrons. The second kappa shape index (κ2) is 16.5. The van der Waals surface area contributed by atoms with Crippen LogP contribution in [0.1, 0.15) is 78.1 Å². The largest absolute Gasteiger partial charge is 0.368 e. The van der Waals surface area contributed by atoms with Crippen molar-refractivity contribution in [1.29, 1.82) is 0 Å². The van der Waals surface area contributed by atoms with Crippen molar-refractivity contribution in [1.82, 2.24) is 5.32 Å². The fraction of sp³-hybridized carbons (Fsp3) is 1.00. The van der Waals surface area contributed by atoms with Gasteiger partial charge in [0.05, 0.1) is 19.8 Å². The SMILES string of the molecule is CCC(C)C(O)OCCNC(O)OCCCCCC(O)OCC1CCCCC1. The zero-order valence-corrected chi connectivity index (χ0v) is 17.9. The van der Waals surface area contributed by atoms with Crippen LogP contribution in [0.15, 0.2) is 0 Å². The lowest BCUT2D eigenvalue weighted by Crippen LogP contribution is -2.35. The van der Waals surface area contributed by atoms with Gasteiger partial charge in [0.15, 0.2) is 12.6 Å². The molecule has 1 rings (SSSR count). The molecule has 1 aliphatic carbocycles. The molecule has 4 atom stereocenters. The van der Waals surface area contributed by atoms with E-state index < -0.39 is 19.0 Å². The van der Waals surface area contributed by atoms with Crippen molar-refractivity contribution in [3.05, 3.63) is 0 Å². The monoisotopic (exact) mass is 405 g/mol. The summed E-state index contributed by atoms with van der Waals surface area (Å²) in [5.41, 5.74) is 0. The molecule has 1 fully saturated rings. The van der Waals surface area contributed by atoms with Crippen molar-refractivity contribution in [2.75, 3.05) is 26.4 Å². The Morgan fingerprint density at radius 1 is 0.929 bits per heavy atom. The van der Waals surface area contributed by atoms with Crippen molar-refractivity contribution in [3.63, 3.8) is 0 Å². The lowest BCUT2D eigenvalue weighted by Gasteiger charge is -2.23. The van der Waals surface area contributed by atoms with Gasteiger partial charge in [-0.15, -0.1) is 0 Å². The van der Waals surface area contributed by atoms with E-state index in [4.69, 9.17) is 14.2 Å². The quantitative estimate of drug-likeness (QED) is 0.218. The van der Waals surface area contributed by atoms with Gasteiger partial charge in [-0.3, -0.25) is 5.32 Å². The molecule has 0 saturated heterocycles. The first-order valence-electron chi connectivity index (χ1n) is 11.1. The Balaban J connectivity index is 1.87. The molecule has 0 heterocycles. The van der Waals surface area contributed by atoms with E-state index in [0.29, 0.717) is 38.7 Å². The molecule has 0 aromatic heterocycles. The zero-order valence-electron chi connectivity index (χ0n) is 17.9. The molecule has 0 aromatic carbocycles. The van der Waals surface area contributed by atoms with E-state index in [0.717, 1.165) is 25.7 Å². The summed E-state index contributed by atoms with van der Waals surface area (Å²) in [5.74, 6) is 0.715. The van der Waals surface area contributed by atoms with Crippen LogP contribution in [-0.4, -0.2) is 60.7 Å². The lowest BCUT2D eigenvalue weighted by atomic mass is 9.90. The molecule has 1 aliphatic rings. The molecule has 168 valence electrons. The van der Waals surface area contributed by atoms with Crippen molar-refractivity contribution < 1.29 is 29.5 Å². The third-order valence-electron chi connectivity index (χ3n) is 5.46. The van der Waals surface area contributed by atoms with Crippen LogP contribution in [0.25, 0.3) is 0 Å². The zero-order chi connectivity index (χ0) is 20.6. The number of ether oxygens (including phenoxy) is 3. The van der Waals surface area contributed by atoms with Gasteiger partial charge in [0, 0.05) is 12.5 Å². The molecule has 0 aromatic rings. The summed E-state index contributed by atoms with van der Waals surface area (Å²) in [6.45, 7) is 5.77. The molecule has 4 unspecified atom stereocenters. The Labute approximate surface area is 170 Å². The molecular formula is C21H43NO6. The van der Waals surface area contributed by atoms with Gasteiger partial charge < -0.3 is 29.5 Å². The van der Waals surface area contributed by atoms with Crippen LogP contribution in [0, 0.1) is 11.8 Å². The summed E-state index contributed by atoms with van der Waals surface area (Å²) < 4.78 is 16.1. The highest BCUT2D eigenvalue weighted by Crippen LogP contribution is 2.24. The first-order chi connectivity index (χ1) is 13.5. The number of aliphatic hydroxyl groups excluding tert-OH is 3. The first kappa shape index (κ1) is 25.8. The minimum atomic E-state index is -1.03. The van der Waals surface area contributed by atoms with Gasteiger partial charge in [0.25, 0.3) is 0 Å². The number of unbranched alkanes of at least 4 members (excludes halogenated alkanes) is 2. The van der Waals surface area contributed by atoms with Crippen LogP contribution in [0.4, 0.5) is 0 Å². The van der Waals surface area contributed by atoms with Gasteiger partial charge in [-0.2, -0.15) is 0 Å². The van der Waals surface area contributed by atoms with Crippen molar-refractivity contribution in [2.45, 2.75) is 97.0 Å². The Bertz CT molecular complexity index is 354. The second-order valence-electron chi connectivity index (χ2n) is 7.97. The first-order valence-corrected chi connectivity index (χ1v) is 11.1. The van der Waals surface area contributed by atoms with Gasteiger partial charge in [-0.25, -0.2) is 0 Å². The number of hydrogen-bond acceptors (Lipinski definition) is 7. The average Bonchev–Trinajstić information content (AvgIpc) is 2.72. The van der Waals surface area contributed by atoms with E-state index in [1.54, 1.807) is 0 Å². The summed E-state index contributed by atoms with van der Waals surface area (Å²) in [7, 11) is 0. The molecule has 0 spiro atoms. The van der Waals surface area contributed by atoms with Crippen LogP contribution in [0.3, 0.4) is 0 Å². The predicted molar refractivity (Wildman–Crippen MR) is 108 cm³/mol. The standard InChI is InChI=1S/C21H43NO6/c1-3-17(2)20(24)26-15-13-22-21(25)27-14-9-5-8-12-19(23)28-16-18-10-6-4-7-11-18/h17-25H,3-16H2,1-2H3. The molecule has 1 saturated carbocycles. The van der Waals surface area contributed by atoms with Gasteiger partial charge in [-0.1, -0.05) is 39.5 Å². The smallest absolute Gasteiger partial charge is 0.213 e. The highest BCUT2D eigenvalue weighted by molar-refractivity contribution is 4.65. The molecule has 7 nitrogen and oxygen atoms in total. The summed E-state index contributed by atoms with van der Waals surface area (Å²) >= 11 is 0. The molecule has 28 heavy (non-hydrogen) atoms. The summed E-state index contributed by atoms with van der Waals surface area (Å²) in [4.78, 5) is 0. The molecule has 4 N–H and O–H groups in total. The third-order valence-corrected chi connectivity index (χ3v) is 5.46. The Morgan fingerprint density at radius 2 is 1.68 bits per heavy atom. The van der Waals surface area contributed by atoms with Crippen LogP contribution < -0.4 is 5.32 Å². The second-order valence-corrected chi connectivity index (χ2v) is 7.97. The molecule has 0 aliphatic heterocycles. The fourth-order valence-electron chi connectivity index (χ4n) is 3.26. The Kier molecular flexibility index (Phi) is 15.2. The number of rotatable bonds is 17. The van der Waals surface area contributed by atoms with E-state index in [2.05, 4.69) is 5.32 Å². The van der Waals surface area contributed by atoms with Crippen LogP contribution >= 0.6 is 0 Å². The van der Waals surface area contributed by atoms with Gasteiger partial charge >= 0.3 is 0 Å². The number of nitrogens with one attached hydrogen (secondary N) is 1. The van der Waals surface area contributed by atoms with E-state index in [-0.39, 0.29) is 5.92 Å². The lowest BCUT2D eigenvalue weighted by molar-refractivity contribution is -0.145. The minimum absolute atomic E-state index is 0.0948. The number of hydrogen-bond donors (Lipinski definition) is 4. The highest BCUT2D eigenvalue weighted by Gasteiger charge is 2.15. The van der Waals surface area contributed by atoms with Crippen molar-refractivity contribution >= 4 is 0 Å². The molecule has 7 heteroatoms. The minimum Gasteiger partial charge on any atom is -0.368 e. The van der Waals surface area contributed by atoms with Crippen LogP contribution in [-0.2, 0) is 14.2 Å². The topological polar surface area (TPSA) is 100 Å². The predicted octanol–water partition coefficient (Wildman–Crippen LogP) is 2.73. The van der Waals surface area contributed by atoms with Gasteiger partial charge in [-0.05, 0) is 44.4 Å². The van der Waals surface area contributed by atoms with Crippen molar-refractivity contribution in [2.24, 2.45) is 11.8 Å². The van der Waals surface area contributed by atoms with E-state index in [1.807, 2.05) is 13.8 Å². The summed E-state index contributed by atoms with van der Waals surface area (Å²) in [5, 5.41) is 32.1. The maximum absolute atomic E-state index is 9.90. The average molecular weight is 406 g/mol. The van der Waals surface area contributed by atoms with E-state index >= 15 is 0 Å². The van der Waals surface area contributed by atoms with Crippen LogP contribution in [0.5, 0.6) is 0 Å². The molecule has 0 amide bonds. The normalized spacial score (nSPS) is 20.0. The number of aliphatic hydroxyl groups is 3. The molecular weight excluding hydrogens is 362 g/mol. The van der Waals surface area contributed by atoms with Crippen molar-refractivity contribution in [3.8, 4) is 0 Å². The maximum Gasteiger partial charge on any atom is 0.213 e. The Morgan fingerprint density at radius 3 is 2.39 bits per heavy atom. The van der Waals surface area contributed by atoms with Crippen LogP contribution in [0.2, 0.25) is 0 Å². The highest BCUT2D eigenvalue weighted by atomic mass is 16.6. The van der Waals surface area contributed by atoms with Gasteiger partial charge in [0.1, 0.15) is 0 Å². The maximum atomic E-state index is 9.90. The third kappa shape index (κ3) is 13.0.